The maximum atomic E-state index is 12.4. The lowest BCUT2D eigenvalue weighted by Crippen LogP contribution is -2.29. The van der Waals surface area contributed by atoms with E-state index in [9.17, 15) is 9.59 Å². The van der Waals surface area contributed by atoms with Gasteiger partial charge in [-0.3, -0.25) is 4.79 Å². The van der Waals surface area contributed by atoms with Gasteiger partial charge in [-0.15, -0.1) is 11.3 Å². The summed E-state index contributed by atoms with van der Waals surface area (Å²) < 4.78 is 6.04. The molecule has 1 aromatic heterocycles. The van der Waals surface area contributed by atoms with Gasteiger partial charge in [0.25, 0.3) is 5.91 Å². The number of hydrogen-bond acceptors (Lipinski definition) is 4. The Kier molecular flexibility index (Phi) is 5.27. The number of benzene rings is 2. The van der Waals surface area contributed by atoms with Crippen LogP contribution < -0.4 is 5.32 Å². The fourth-order valence-corrected chi connectivity index (χ4v) is 3.87. The minimum atomic E-state index is -0.961. The average molecular weight is 394 g/mol. The second-order valence-corrected chi connectivity index (χ2v) is 7.16. The van der Waals surface area contributed by atoms with Gasteiger partial charge < -0.3 is 10.1 Å². The monoisotopic (exact) mass is 393 g/mol. The van der Waals surface area contributed by atoms with E-state index in [2.05, 4.69) is 5.32 Å². The van der Waals surface area contributed by atoms with E-state index >= 15 is 0 Å². The van der Waals surface area contributed by atoms with Gasteiger partial charge in [-0.25, -0.2) is 4.79 Å². The molecule has 0 aliphatic heterocycles. The van der Waals surface area contributed by atoms with Crippen LogP contribution in [0.1, 0.15) is 16.6 Å². The summed E-state index contributed by atoms with van der Waals surface area (Å²) in [6, 6.07) is 14.1. The van der Waals surface area contributed by atoms with E-state index in [1.807, 2.05) is 6.07 Å². The first kappa shape index (κ1) is 17.7. The summed E-state index contributed by atoms with van der Waals surface area (Å²) in [5.41, 5.74) is 0.630. The molecule has 0 saturated carbocycles. The van der Waals surface area contributed by atoms with Crippen molar-refractivity contribution in [3.8, 4) is 0 Å². The van der Waals surface area contributed by atoms with Gasteiger partial charge in [0.05, 0.1) is 5.02 Å². The molecule has 0 bridgehead atoms. The second-order valence-electron chi connectivity index (χ2n) is 5.29. The Morgan fingerprint density at radius 2 is 1.84 bits per heavy atom. The molecular weight excluding hydrogens is 381 g/mol. The quantitative estimate of drug-likeness (QED) is 0.604. The second kappa shape index (κ2) is 7.44. The van der Waals surface area contributed by atoms with Gasteiger partial charge in [0.2, 0.25) is 0 Å². The minimum absolute atomic E-state index is 0.248. The summed E-state index contributed by atoms with van der Waals surface area (Å²) in [6.45, 7) is 1.51. The molecule has 3 rings (SSSR count). The van der Waals surface area contributed by atoms with Gasteiger partial charge >= 0.3 is 5.97 Å². The number of hydrogen-bond donors (Lipinski definition) is 1. The van der Waals surface area contributed by atoms with Crippen LogP contribution in [0, 0.1) is 0 Å². The molecule has 0 saturated heterocycles. The van der Waals surface area contributed by atoms with Gasteiger partial charge in [-0.2, -0.15) is 0 Å². The number of fused-ring (bicyclic) bond motifs is 1. The van der Waals surface area contributed by atoms with Crippen LogP contribution in [0.15, 0.2) is 48.5 Å². The fourth-order valence-electron chi connectivity index (χ4n) is 2.20. The van der Waals surface area contributed by atoms with Crippen molar-refractivity contribution in [1.82, 2.24) is 0 Å². The summed E-state index contributed by atoms with van der Waals surface area (Å²) in [4.78, 5) is 24.8. The Morgan fingerprint density at radius 3 is 2.56 bits per heavy atom. The minimum Gasteiger partial charge on any atom is -0.448 e. The van der Waals surface area contributed by atoms with Crippen molar-refractivity contribution in [2.75, 3.05) is 5.32 Å². The highest BCUT2D eigenvalue weighted by Crippen LogP contribution is 2.37. The number of thiophene rings is 1. The number of nitrogens with one attached hydrogen (secondary N) is 1. The zero-order valence-electron chi connectivity index (χ0n) is 13.1. The molecule has 0 spiro atoms. The molecule has 7 heteroatoms. The van der Waals surface area contributed by atoms with Crippen molar-refractivity contribution in [2.45, 2.75) is 13.0 Å². The number of amides is 1. The lowest BCUT2D eigenvalue weighted by atomic mass is 10.2. The van der Waals surface area contributed by atoms with E-state index in [0.717, 1.165) is 10.1 Å². The van der Waals surface area contributed by atoms with E-state index in [4.69, 9.17) is 27.9 Å². The number of anilines is 1. The van der Waals surface area contributed by atoms with E-state index < -0.39 is 18.0 Å². The number of rotatable bonds is 4. The summed E-state index contributed by atoms with van der Waals surface area (Å²) in [5, 5.41) is 4.27. The van der Waals surface area contributed by atoms with Crippen LogP contribution in [0.2, 0.25) is 10.0 Å². The third-order valence-electron chi connectivity index (χ3n) is 3.47. The average Bonchev–Trinajstić information content (AvgIpc) is 2.91. The number of carbonyl (C=O) groups excluding carboxylic acids is 2. The Labute approximate surface area is 158 Å². The largest absolute Gasteiger partial charge is 0.448 e. The van der Waals surface area contributed by atoms with Crippen LogP contribution in [0.5, 0.6) is 0 Å². The van der Waals surface area contributed by atoms with Crippen molar-refractivity contribution in [3.63, 3.8) is 0 Å². The zero-order chi connectivity index (χ0) is 18.0. The van der Waals surface area contributed by atoms with Crippen LogP contribution in [-0.2, 0) is 9.53 Å². The molecule has 0 aliphatic rings. The summed E-state index contributed by atoms with van der Waals surface area (Å²) in [5.74, 6) is -1.06. The fraction of sp³-hybridized carbons (Fsp3) is 0.111. The van der Waals surface area contributed by atoms with E-state index in [-0.39, 0.29) is 4.88 Å². The number of carbonyl (C=O) groups is 2. The molecule has 25 heavy (non-hydrogen) atoms. The predicted octanol–water partition coefficient (Wildman–Crippen LogP) is 5.39. The molecule has 4 nitrogen and oxygen atoms in total. The Balaban J connectivity index is 1.73. The molecule has 1 amide bonds. The summed E-state index contributed by atoms with van der Waals surface area (Å²) in [7, 11) is 0. The topological polar surface area (TPSA) is 55.4 Å². The van der Waals surface area contributed by atoms with Gasteiger partial charge in [-0.1, -0.05) is 47.5 Å². The van der Waals surface area contributed by atoms with Crippen LogP contribution >= 0.6 is 34.5 Å². The highest BCUT2D eigenvalue weighted by molar-refractivity contribution is 7.21. The maximum absolute atomic E-state index is 12.4. The Hall–Kier alpha value is -2.08. The lowest BCUT2D eigenvalue weighted by Gasteiger charge is -2.13. The van der Waals surface area contributed by atoms with E-state index in [1.165, 1.54) is 18.3 Å². The number of para-hydroxylation sites is 1. The lowest BCUT2D eigenvalue weighted by molar-refractivity contribution is -0.123. The number of ether oxygens (including phenoxy) is 1. The molecule has 2 aromatic carbocycles. The van der Waals surface area contributed by atoms with Gasteiger partial charge in [-0.05, 0) is 31.2 Å². The SMILES string of the molecule is C[C@H](OC(=O)c1sc2cc(Cl)ccc2c1Cl)C(=O)Nc1ccccc1. The van der Waals surface area contributed by atoms with Crippen molar-refractivity contribution >= 4 is 62.2 Å². The number of esters is 1. The molecule has 128 valence electrons. The zero-order valence-corrected chi connectivity index (χ0v) is 15.4. The molecule has 0 aliphatic carbocycles. The first-order valence-corrected chi connectivity index (χ1v) is 8.97. The van der Waals surface area contributed by atoms with E-state index in [0.29, 0.717) is 15.7 Å². The number of halogens is 2. The molecule has 1 atom stereocenters. The molecule has 1 N–H and O–H groups in total. The molecule has 0 unspecified atom stereocenters. The van der Waals surface area contributed by atoms with Crippen molar-refractivity contribution in [2.24, 2.45) is 0 Å². The first-order chi connectivity index (χ1) is 12.0. The highest BCUT2D eigenvalue weighted by atomic mass is 35.5. The molecular formula is C18H13Cl2NO3S. The first-order valence-electron chi connectivity index (χ1n) is 7.40. The van der Waals surface area contributed by atoms with Crippen molar-refractivity contribution in [3.05, 3.63) is 63.5 Å². The highest BCUT2D eigenvalue weighted by Gasteiger charge is 2.23. The van der Waals surface area contributed by atoms with Gasteiger partial charge in [0.1, 0.15) is 4.88 Å². The summed E-state index contributed by atoms with van der Waals surface area (Å²) in [6.07, 6.45) is -0.961. The van der Waals surface area contributed by atoms with Crippen LogP contribution in [0.4, 0.5) is 5.69 Å². The van der Waals surface area contributed by atoms with Gasteiger partial charge in [0.15, 0.2) is 6.10 Å². The standard InChI is InChI=1S/C18H13Cl2NO3S/c1-10(17(22)21-12-5-3-2-4-6-12)24-18(23)16-15(20)13-8-7-11(19)9-14(13)25-16/h2-10H,1H3,(H,21,22)/t10-/m0/s1. The van der Waals surface area contributed by atoms with E-state index in [1.54, 1.807) is 42.5 Å². The Morgan fingerprint density at radius 1 is 1.12 bits per heavy atom. The third kappa shape index (κ3) is 3.95. The van der Waals surface area contributed by atoms with Crippen LogP contribution in [-0.4, -0.2) is 18.0 Å². The molecule has 0 fully saturated rings. The normalized spacial score (nSPS) is 12.0. The molecule has 0 radical (unpaired) electrons. The van der Waals surface area contributed by atoms with Gasteiger partial charge in [0, 0.05) is 20.8 Å². The molecule has 3 aromatic rings. The van der Waals surface area contributed by atoms with Crippen molar-refractivity contribution in [1.29, 1.82) is 0 Å². The van der Waals surface area contributed by atoms with Crippen molar-refractivity contribution < 1.29 is 14.3 Å². The predicted molar refractivity (Wildman–Crippen MR) is 102 cm³/mol. The smallest absolute Gasteiger partial charge is 0.350 e. The maximum Gasteiger partial charge on any atom is 0.350 e. The molecule has 1 heterocycles. The van der Waals surface area contributed by atoms with Crippen LogP contribution in [0.3, 0.4) is 0 Å². The Bertz CT molecular complexity index is 940. The third-order valence-corrected chi connectivity index (χ3v) is 5.34. The summed E-state index contributed by atoms with van der Waals surface area (Å²) >= 11 is 13.4. The van der Waals surface area contributed by atoms with Crippen LogP contribution in [0.25, 0.3) is 10.1 Å².